The molecule has 1 unspecified atom stereocenters. The SMILES string of the molecule is C#CC(NC)C(C)(C)N(CC)CC. The van der Waals surface area contributed by atoms with Crippen LogP contribution in [0.4, 0.5) is 0 Å². The second-order valence-corrected chi connectivity index (χ2v) is 3.71. The van der Waals surface area contributed by atoms with Crippen LogP contribution < -0.4 is 5.32 Å². The summed E-state index contributed by atoms with van der Waals surface area (Å²) in [6.45, 7) is 10.7. The summed E-state index contributed by atoms with van der Waals surface area (Å²) in [5.74, 6) is 2.79. The minimum Gasteiger partial charge on any atom is -0.305 e. The van der Waals surface area contributed by atoms with Crippen LogP contribution in [0, 0.1) is 12.3 Å². The molecule has 76 valence electrons. The van der Waals surface area contributed by atoms with Gasteiger partial charge >= 0.3 is 0 Å². The molecule has 0 heterocycles. The Balaban J connectivity index is 4.60. The lowest BCUT2D eigenvalue weighted by Gasteiger charge is -2.41. The first-order chi connectivity index (χ1) is 6.04. The Bertz CT molecular complexity index is 175. The van der Waals surface area contributed by atoms with Crippen LogP contribution in [-0.2, 0) is 0 Å². The lowest BCUT2D eigenvalue weighted by Crippen LogP contribution is -2.56. The van der Waals surface area contributed by atoms with Gasteiger partial charge in [-0.2, -0.15) is 0 Å². The Morgan fingerprint density at radius 2 is 1.85 bits per heavy atom. The largest absolute Gasteiger partial charge is 0.305 e. The maximum atomic E-state index is 5.48. The molecule has 0 amide bonds. The van der Waals surface area contributed by atoms with Gasteiger partial charge in [0.15, 0.2) is 0 Å². The van der Waals surface area contributed by atoms with Crippen LogP contribution in [0.1, 0.15) is 27.7 Å². The van der Waals surface area contributed by atoms with E-state index in [0.717, 1.165) is 13.1 Å². The minimum atomic E-state index is 0.0208. The van der Waals surface area contributed by atoms with E-state index in [1.165, 1.54) is 0 Å². The smallest absolute Gasteiger partial charge is 0.0865 e. The number of likely N-dealkylation sites (N-methyl/N-ethyl adjacent to an activating group) is 2. The van der Waals surface area contributed by atoms with Gasteiger partial charge in [0.05, 0.1) is 6.04 Å². The molecule has 2 heteroatoms. The number of rotatable bonds is 5. The molecule has 0 rings (SSSR count). The molecule has 13 heavy (non-hydrogen) atoms. The number of hydrogen-bond acceptors (Lipinski definition) is 2. The molecule has 0 aliphatic heterocycles. The highest BCUT2D eigenvalue weighted by Crippen LogP contribution is 2.17. The first-order valence-corrected chi connectivity index (χ1v) is 4.92. The topological polar surface area (TPSA) is 15.3 Å². The minimum absolute atomic E-state index is 0.0208. The summed E-state index contributed by atoms with van der Waals surface area (Å²) in [6.07, 6.45) is 5.48. The van der Waals surface area contributed by atoms with Gasteiger partial charge in [0.1, 0.15) is 0 Å². The Morgan fingerprint density at radius 1 is 1.38 bits per heavy atom. The van der Waals surface area contributed by atoms with Crippen LogP contribution in [-0.4, -0.2) is 36.6 Å². The highest BCUT2D eigenvalue weighted by molar-refractivity contribution is 5.10. The Kier molecular flexibility index (Phi) is 5.05. The van der Waals surface area contributed by atoms with Crippen LogP contribution in [0.3, 0.4) is 0 Å². The first kappa shape index (κ1) is 12.5. The molecule has 0 aromatic heterocycles. The van der Waals surface area contributed by atoms with Crippen molar-refractivity contribution in [3.63, 3.8) is 0 Å². The Hall–Kier alpha value is -0.520. The van der Waals surface area contributed by atoms with Crippen LogP contribution in [0.15, 0.2) is 0 Å². The molecule has 0 fully saturated rings. The number of nitrogens with one attached hydrogen (secondary N) is 1. The number of hydrogen-bond donors (Lipinski definition) is 1. The van der Waals surface area contributed by atoms with E-state index in [1.54, 1.807) is 0 Å². The molecule has 0 spiro atoms. The maximum absolute atomic E-state index is 5.48. The van der Waals surface area contributed by atoms with Gasteiger partial charge < -0.3 is 5.32 Å². The van der Waals surface area contributed by atoms with Crippen molar-refractivity contribution in [2.45, 2.75) is 39.3 Å². The summed E-state index contributed by atoms with van der Waals surface area (Å²) in [5, 5.41) is 3.16. The van der Waals surface area contributed by atoms with Gasteiger partial charge in [0, 0.05) is 5.54 Å². The van der Waals surface area contributed by atoms with E-state index >= 15 is 0 Å². The molecule has 1 atom stereocenters. The predicted octanol–water partition coefficient (Wildman–Crippen LogP) is 1.33. The van der Waals surface area contributed by atoms with Crippen molar-refractivity contribution in [1.29, 1.82) is 0 Å². The fourth-order valence-electron chi connectivity index (χ4n) is 1.86. The second kappa shape index (κ2) is 5.26. The van der Waals surface area contributed by atoms with Gasteiger partial charge in [-0.25, -0.2) is 0 Å². The van der Waals surface area contributed by atoms with E-state index in [1.807, 2.05) is 7.05 Å². The first-order valence-electron chi connectivity index (χ1n) is 4.92. The lowest BCUT2D eigenvalue weighted by molar-refractivity contribution is 0.114. The molecule has 0 saturated heterocycles. The van der Waals surface area contributed by atoms with Crippen LogP contribution >= 0.6 is 0 Å². The molecule has 0 aliphatic rings. The fraction of sp³-hybridized carbons (Fsp3) is 0.818. The lowest BCUT2D eigenvalue weighted by atomic mass is 9.93. The number of terminal acetylenes is 1. The summed E-state index contributed by atoms with van der Waals surface area (Å²) in [4.78, 5) is 2.37. The van der Waals surface area contributed by atoms with Crippen molar-refractivity contribution >= 4 is 0 Å². The average Bonchev–Trinajstić information content (AvgIpc) is 2.07. The molecule has 0 aromatic carbocycles. The Morgan fingerprint density at radius 3 is 2.08 bits per heavy atom. The van der Waals surface area contributed by atoms with Crippen molar-refractivity contribution in [3.8, 4) is 12.3 Å². The molecule has 0 radical (unpaired) electrons. The van der Waals surface area contributed by atoms with E-state index < -0.39 is 0 Å². The van der Waals surface area contributed by atoms with Gasteiger partial charge in [0.25, 0.3) is 0 Å². The average molecular weight is 182 g/mol. The summed E-state index contributed by atoms with van der Waals surface area (Å²) in [6, 6.07) is 0.104. The molecule has 0 aromatic rings. The molecule has 0 bridgehead atoms. The highest BCUT2D eigenvalue weighted by atomic mass is 15.2. The standard InChI is InChI=1S/C11H22N2/c1-7-10(12-6)11(4,5)13(8-2)9-3/h1,10,12H,8-9H2,2-6H3. The molecular formula is C11H22N2. The zero-order valence-electron chi connectivity index (χ0n) is 9.52. The maximum Gasteiger partial charge on any atom is 0.0865 e. The third kappa shape index (κ3) is 2.72. The molecular weight excluding hydrogens is 160 g/mol. The summed E-state index contributed by atoms with van der Waals surface area (Å²) in [5.41, 5.74) is 0.0208. The third-order valence-corrected chi connectivity index (χ3v) is 2.74. The van der Waals surface area contributed by atoms with E-state index in [2.05, 4.69) is 43.8 Å². The highest BCUT2D eigenvalue weighted by Gasteiger charge is 2.31. The molecule has 2 nitrogen and oxygen atoms in total. The normalized spacial score (nSPS) is 14.2. The van der Waals surface area contributed by atoms with Gasteiger partial charge in [-0.3, -0.25) is 4.90 Å². The fourth-order valence-corrected chi connectivity index (χ4v) is 1.86. The van der Waals surface area contributed by atoms with E-state index in [4.69, 9.17) is 6.42 Å². The third-order valence-electron chi connectivity index (χ3n) is 2.74. The monoisotopic (exact) mass is 182 g/mol. The van der Waals surface area contributed by atoms with Crippen LogP contribution in [0.5, 0.6) is 0 Å². The van der Waals surface area contributed by atoms with E-state index in [9.17, 15) is 0 Å². The second-order valence-electron chi connectivity index (χ2n) is 3.71. The molecule has 0 saturated carbocycles. The quantitative estimate of drug-likeness (QED) is 0.645. The van der Waals surface area contributed by atoms with Crippen molar-refractivity contribution in [1.82, 2.24) is 10.2 Å². The van der Waals surface area contributed by atoms with Crippen LogP contribution in [0.25, 0.3) is 0 Å². The molecule has 0 aliphatic carbocycles. The van der Waals surface area contributed by atoms with Gasteiger partial charge in [-0.05, 0) is 34.0 Å². The Labute approximate surface area is 82.7 Å². The zero-order valence-corrected chi connectivity index (χ0v) is 9.52. The summed E-state index contributed by atoms with van der Waals surface area (Å²) < 4.78 is 0. The van der Waals surface area contributed by atoms with Crippen molar-refractivity contribution < 1.29 is 0 Å². The summed E-state index contributed by atoms with van der Waals surface area (Å²) >= 11 is 0. The van der Waals surface area contributed by atoms with Crippen LogP contribution in [0.2, 0.25) is 0 Å². The predicted molar refractivity (Wildman–Crippen MR) is 58.7 cm³/mol. The summed E-state index contributed by atoms with van der Waals surface area (Å²) in [7, 11) is 1.91. The molecule has 1 N–H and O–H groups in total. The van der Waals surface area contributed by atoms with Gasteiger partial charge in [0.2, 0.25) is 0 Å². The van der Waals surface area contributed by atoms with Gasteiger partial charge in [-0.1, -0.05) is 19.8 Å². The van der Waals surface area contributed by atoms with Gasteiger partial charge in [-0.15, -0.1) is 6.42 Å². The number of nitrogens with zero attached hydrogens (tertiary/aromatic N) is 1. The van der Waals surface area contributed by atoms with Crippen molar-refractivity contribution in [2.24, 2.45) is 0 Å². The van der Waals surface area contributed by atoms with Crippen molar-refractivity contribution in [3.05, 3.63) is 0 Å². The zero-order chi connectivity index (χ0) is 10.5. The van der Waals surface area contributed by atoms with E-state index in [0.29, 0.717) is 0 Å². The van der Waals surface area contributed by atoms with Crippen molar-refractivity contribution in [2.75, 3.05) is 20.1 Å². The van der Waals surface area contributed by atoms with E-state index in [-0.39, 0.29) is 11.6 Å².